The number of hydrogen-bond acceptors (Lipinski definition) is 3. The molecule has 1 rings (SSSR count). The van der Waals surface area contributed by atoms with Crippen LogP contribution in [0.25, 0.3) is 0 Å². The summed E-state index contributed by atoms with van der Waals surface area (Å²) < 4.78 is 38.4. The number of rotatable bonds is 4. The number of benzene rings is 1. The highest BCUT2D eigenvalue weighted by molar-refractivity contribution is 7.89. The zero-order valence-corrected chi connectivity index (χ0v) is 9.51. The van der Waals surface area contributed by atoms with Crippen molar-refractivity contribution in [3.8, 4) is 6.07 Å². The third-order valence-electron chi connectivity index (χ3n) is 1.96. The first-order valence-electron chi connectivity index (χ1n) is 4.60. The van der Waals surface area contributed by atoms with Crippen molar-refractivity contribution in [1.29, 1.82) is 5.26 Å². The minimum absolute atomic E-state index is 0.0341. The van der Waals surface area contributed by atoms with E-state index in [9.17, 15) is 12.8 Å². The smallest absolute Gasteiger partial charge is 0.210 e. The Kier molecular flexibility index (Phi) is 3.99. The fourth-order valence-corrected chi connectivity index (χ4v) is 2.49. The molecule has 4 nitrogen and oxygen atoms in total. The molecule has 0 spiro atoms. The standard InChI is InChI=1S/C10H11FN2O2S/c1-8-7-9(11)3-4-10(8)16(14,15)13-6-2-5-12/h3-4,7,13H,2,6H2,1H3. The summed E-state index contributed by atoms with van der Waals surface area (Å²) in [7, 11) is -3.65. The van der Waals surface area contributed by atoms with Crippen LogP contribution in [0.15, 0.2) is 23.1 Å². The Morgan fingerprint density at radius 1 is 1.50 bits per heavy atom. The molecule has 0 fully saturated rings. The summed E-state index contributed by atoms with van der Waals surface area (Å²) in [6.07, 6.45) is 0.0967. The van der Waals surface area contributed by atoms with Crippen molar-refractivity contribution in [2.75, 3.05) is 6.54 Å². The SMILES string of the molecule is Cc1cc(F)ccc1S(=O)(=O)NCCC#N. The maximum Gasteiger partial charge on any atom is 0.240 e. The van der Waals surface area contributed by atoms with Crippen LogP contribution in [0.5, 0.6) is 0 Å². The van der Waals surface area contributed by atoms with Crippen molar-refractivity contribution in [3.63, 3.8) is 0 Å². The Bertz CT molecular complexity index is 520. The van der Waals surface area contributed by atoms with Gasteiger partial charge in [-0.15, -0.1) is 0 Å². The van der Waals surface area contributed by atoms with Gasteiger partial charge in [-0.25, -0.2) is 17.5 Å². The molecule has 0 bridgehead atoms. The fraction of sp³-hybridized carbons (Fsp3) is 0.300. The second-order valence-electron chi connectivity index (χ2n) is 3.22. The summed E-state index contributed by atoms with van der Waals surface area (Å²) in [5, 5.41) is 8.29. The Labute approximate surface area is 93.8 Å². The van der Waals surface area contributed by atoms with Crippen molar-refractivity contribution in [1.82, 2.24) is 4.72 Å². The largest absolute Gasteiger partial charge is 0.240 e. The Morgan fingerprint density at radius 2 is 2.19 bits per heavy atom. The predicted octanol–water partition coefficient (Wildman–Crippen LogP) is 1.33. The summed E-state index contributed by atoms with van der Waals surface area (Å²) in [5.41, 5.74) is 0.337. The molecule has 0 radical (unpaired) electrons. The van der Waals surface area contributed by atoms with E-state index in [0.29, 0.717) is 5.56 Å². The zero-order valence-electron chi connectivity index (χ0n) is 8.70. The van der Waals surface area contributed by atoms with E-state index in [1.165, 1.54) is 13.0 Å². The van der Waals surface area contributed by atoms with Crippen molar-refractivity contribution < 1.29 is 12.8 Å². The molecule has 0 aromatic heterocycles. The molecule has 0 amide bonds. The van der Waals surface area contributed by atoms with Gasteiger partial charge in [-0.3, -0.25) is 0 Å². The lowest BCUT2D eigenvalue weighted by Gasteiger charge is -2.07. The molecule has 6 heteroatoms. The minimum atomic E-state index is -3.65. The van der Waals surface area contributed by atoms with E-state index in [1.54, 1.807) is 0 Å². The van der Waals surface area contributed by atoms with Gasteiger partial charge in [0.2, 0.25) is 10.0 Å². The molecule has 0 unspecified atom stereocenters. The molecular formula is C10H11FN2O2S. The number of aryl methyl sites for hydroxylation is 1. The van der Waals surface area contributed by atoms with Crippen LogP contribution < -0.4 is 4.72 Å². The maximum atomic E-state index is 12.8. The zero-order chi connectivity index (χ0) is 12.2. The van der Waals surface area contributed by atoms with E-state index in [-0.39, 0.29) is 17.9 Å². The van der Waals surface area contributed by atoms with E-state index >= 15 is 0 Å². The van der Waals surface area contributed by atoms with Gasteiger partial charge in [0.05, 0.1) is 11.0 Å². The van der Waals surface area contributed by atoms with Crippen LogP contribution in [0, 0.1) is 24.1 Å². The van der Waals surface area contributed by atoms with E-state index in [2.05, 4.69) is 4.72 Å². The molecule has 0 aliphatic heterocycles. The van der Waals surface area contributed by atoms with E-state index in [4.69, 9.17) is 5.26 Å². The van der Waals surface area contributed by atoms with Crippen molar-refractivity contribution in [3.05, 3.63) is 29.6 Å². The van der Waals surface area contributed by atoms with Crippen LogP contribution in [0.3, 0.4) is 0 Å². The third kappa shape index (κ3) is 3.02. The molecule has 0 atom stereocenters. The van der Waals surface area contributed by atoms with E-state index in [1.807, 2.05) is 6.07 Å². The van der Waals surface area contributed by atoms with E-state index in [0.717, 1.165) is 12.1 Å². The van der Waals surface area contributed by atoms with Gasteiger partial charge >= 0.3 is 0 Å². The van der Waals surface area contributed by atoms with E-state index < -0.39 is 15.8 Å². The summed E-state index contributed by atoms with van der Waals surface area (Å²) in [6.45, 7) is 1.57. The van der Waals surface area contributed by atoms with Crippen LogP contribution in [0.1, 0.15) is 12.0 Å². The van der Waals surface area contributed by atoms with Crippen LogP contribution in [0.4, 0.5) is 4.39 Å². The lowest BCUT2D eigenvalue weighted by molar-refractivity contribution is 0.580. The first-order chi connectivity index (χ1) is 7.47. The maximum absolute atomic E-state index is 12.8. The average Bonchev–Trinajstić information content (AvgIpc) is 2.17. The molecule has 1 aromatic carbocycles. The highest BCUT2D eigenvalue weighted by Gasteiger charge is 2.16. The summed E-state index contributed by atoms with van der Waals surface area (Å²) in [5.74, 6) is -0.478. The Morgan fingerprint density at radius 3 is 2.75 bits per heavy atom. The second kappa shape index (κ2) is 5.05. The van der Waals surface area contributed by atoms with Gasteiger partial charge in [0, 0.05) is 13.0 Å². The summed E-state index contributed by atoms with van der Waals surface area (Å²) in [6, 6.07) is 5.28. The van der Waals surface area contributed by atoms with Gasteiger partial charge in [-0.2, -0.15) is 5.26 Å². The van der Waals surface area contributed by atoms with Crippen LogP contribution in [-0.4, -0.2) is 15.0 Å². The van der Waals surface area contributed by atoms with Crippen LogP contribution in [-0.2, 0) is 10.0 Å². The van der Waals surface area contributed by atoms with Gasteiger partial charge in [0.15, 0.2) is 0 Å². The number of halogens is 1. The first kappa shape index (κ1) is 12.6. The third-order valence-corrected chi connectivity index (χ3v) is 3.58. The van der Waals surface area contributed by atoms with Crippen molar-refractivity contribution in [2.45, 2.75) is 18.2 Å². The molecule has 0 heterocycles. The van der Waals surface area contributed by atoms with Gasteiger partial charge in [0.25, 0.3) is 0 Å². The fourth-order valence-electron chi connectivity index (χ4n) is 1.23. The number of hydrogen-bond donors (Lipinski definition) is 1. The van der Waals surface area contributed by atoms with Crippen molar-refractivity contribution in [2.24, 2.45) is 0 Å². The molecule has 0 aliphatic carbocycles. The molecule has 0 saturated carbocycles. The molecule has 1 N–H and O–H groups in total. The average molecular weight is 242 g/mol. The lowest BCUT2D eigenvalue weighted by Crippen LogP contribution is -2.25. The van der Waals surface area contributed by atoms with Gasteiger partial charge < -0.3 is 0 Å². The monoisotopic (exact) mass is 242 g/mol. The highest BCUT2D eigenvalue weighted by atomic mass is 32.2. The van der Waals surface area contributed by atoms with Gasteiger partial charge in [-0.05, 0) is 30.7 Å². The molecular weight excluding hydrogens is 231 g/mol. The lowest BCUT2D eigenvalue weighted by atomic mass is 10.2. The van der Waals surface area contributed by atoms with Gasteiger partial charge in [0.1, 0.15) is 5.82 Å². The Hall–Kier alpha value is -1.45. The molecule has 0 aliphatic rings. The number of nitriles is 1. The molecule has 0 saturated heterocycles. The van der Waals surface area contributed by atoms with Gasteiger partial charge in [-0.1, -0.05) is 0 Å². The molecule has 1 aromatic rings. The van der Waals surface area contributed by atoms with Crippen LogP contribution in [0.2, 0.25) is 0 Å². The summed E-state index contributed by atoms with van der Waals surface area (Å²) in [4.78, 5) is 0.0341. The summed E-state index contributed by atoms with van der Waals surface area (Å²) >= 11 is 0. The van der Waals surface area contributed by atoms with Crippen molar-refractivity contribution >= 4 is 10.0 Å². The normalized spacial score (nSPS) is 11.1. The number of sulfonamides is 1. The first-order valence-corrected chi connectivity index (χ1v) is 6.08. The minimum Gasteiger partial charge on any atom is -0.210 e. The topological polar surface area (TPSA) is 70.0 Å². The molecule has 86 valence electrons. The second-order valence-corrected chi connectivity index (χ2v) is 4.95. The quantitative estimate of drug-likeness (QED) is 0.810. The highest BCUT2D eigenvalue weighted by Crippen LogP contribution is 2.15. The predicted molar refractivity (Wildman–Crippen MR) is 56.6 cm³/mol. The number of nitrogens with zero attached hydrogens (tertiary/aromatic N) is 1. The van der Waals surface area contributed by atoms with Crippen LogP contribution >= 0.6 is 0 Å². The molecule has 16 heavy (non-hydrogen) atoms. The number of nitrogens with one attached hydrogen (secondary N) is 1. The Balaban J connectivity index is 2.95.